The molecule has 1 saturated heterocycles. The third-order valence-electron chi connectivity index (χ3n) is 5.87. The van der Waals surface area contributed by atoms with Gasteiger partial charge in [-0.1, -0.05) is 54.1 Å². The number of amides is 2. The zero-order chi connectivity index (χ0) is 21.9. The lowest BCUT2D eigenvalue weighted by molar-refractivity contribution is 0.169. The summed E-state index contributed by atoms with van der Waals surface area (Å²) in [6.45, 7) is 5.31. The van der Waals surface area contributed by atoms with Crippen LogP contribution in [0.3, 0.4) is 0 Å². The number of piperazine rings is 1. The molecule has 0 unspecified atom stereocenters. The number of benzene rings is 3. The first-order valence-corrected chi connectivity index (χ1v) is 11.0. The number of amidine groups is 1. The molecule has 3 aromatic rings. The second-order valence-electron chi connectivity index (χ2n) is 8.12. The molecule has 0 spiro atoms. The fourth-order valence-electron chi connectivity index (χ4n) is 4.03. The van der Waals surface area contributed by atoms with E-state index >= 15 is 0 Å². The molecule has 2 amide bonds. The van der Waals surface area contributed by atoms with Gasteiger partial charge in [0.25, 0.3) is 0 Å². The number of ether oxygens (including phenoxy) is 1. The molecule has 0 atom stereocenters. The summed E-state index contributed by atoms with van der Waals surface area (Å²) >= 11 is 0. The number of para-hydroxylation sites is 3. The molecule has 2 heterocycles. The zero-order valence-corrected chi connectivity index (χ0v) is 18.1. The molecular weight excluding hydrogens is 400 g/mol. The molecule has 1 N–H and O–H groups in total. The summed E-state index contributed by atoms with van der Waals surface area (Å²) in [5.41, 5.74) is 4.11. The van der Waals surface area contributed by atoms with E-state index in [9.17, 15) is 4.79 Å². The highest BCUT2D eigenvalue weighted by atomic mass is 16.5. The van der Waals surface area contributed by atoms with Crippen LogP contribution in [-0.2, 0) is 6.54 Å². The van der Waals surface area contributed by atoms with Crippen LogP contribution in [0.1, 0.15) is 16.7 Å². The van der Waals surface area contributed by atoms with Crippen molar-refractivity contribution >= 4 is 17.6 Å². The molecule has 3 aromatic carbocycles. The molecule has 0 bridgehead atoms. The number of rotatable bonds is 2. The van der Waals surface area contributed by atoms with Gasteiger partial charge in [-0.15, -0.1) is 0 Å². The Labute approximate surface area is 188 Å². The molecule has 6 nitrogen and oxygen atoms in total. The van der Waals surface area contributed by atoms with Crippen LogP contribution in [-0.4, -0.2) is 47.8 Å². The van der Waals surface area contributed by atoms with Crippen molar-refractivity contribution in [2.75, 3.05) is 26.2 Å². The van der Waals surface area contributed by atoms with Crippen molar-refractivity contribution in [3.8, 4) is 11.5 Å². The minimum atomic E-state index is -0.0258. The molecule has 32 heavy (non-hydrogen) atoms. The van der Waals surface area contributed by atoms with Gasteiger partial charge in [0.1, 0.15) is 17.3 Å². The van der Waals surface area contributed by atoms with Crippen LogP contribution in [0, 0.1) is 6.92 Å². The first-order chi connectivity index (χ1) is 15.7. The molecule has 0 radical (unpaired) electrons. The third-order valence-corrected chi connectivity index (χ3v) is 5.87. The Balaban J connectivity index is 1.28. The quantitative estimate of drug-likeness (QED) is 0.646. The highest BCUT2D eigenvalue weighted by Gasteiger charge is 2.27. The van der Waals surface area contributed by atoms with E-state index in [1.807, 2.05) is 53.4 Å². The molecule has 2 aliphatic heterocycles. The fraction of sp³-hybridized carbons (Fsp3) is 0.231. The molecule has 5 rings (SSSR count). The monoisotopic (exact) mass is 426 g/mol. The van der Waals surface area contributed by atoms with Crippen molar-refractivity contribution in [1.29, 1.82) is 0 Å². The van der Waals surface area contributed by atoms with Crippen LogP contribution in [0.15, 0.2) is 77.8 Å². The van der Waals surface area contributed by atoms with Crippen molar-refractivity contribution in [3.63, 3.8) is 0 Å². The average Bonchev–Trinajstić information content (AvgIpc) is 3.00. The highest BCUT2D eigenvalue weighted by molar-refractivity contribution is 6.03. The van der Waals surface area contributed by atoms with E-state index in [-0.39, 0.29) is 6.03 Å². The summed E-state index contributed by atoms with van der Waals surface area (Å²) in [5, 5.41) is 3.04. The standard InChI is InChI=1S/C26H26N4O2/c1-19-10-12-20(13-11-19)18-27-26(31)30-16-14-29(15-17-30)25-21-6-2-4-8-23(21)32-24-9-5-3-7-22(24)28-25/h2-13H,14-18H2,1H3,(H,27,31). The van der Waals surface area contributed by atoms with E-state index in [0.717, 1.165) is 34.1 Å². The van der Waals surface area contributed by atoms with Crippen LogP contribution in [0.4, 0.5) is 10.5 Å². The first-order valence-electron chi connectivity index (χ1n) is 11.0. The largest absolute Gasteiger partial charge is 0.454 e. The van der Waals surface area contributed by atoms with Gasteiger partial charge in [0.15, 0.2) is 5.75 Å². The Kier molecular flexibility index (Phi) is 5.50. The number of hydrogen-bond donors (Lipinski definition) is 1. The minimum Gasteiger partial charge on any atom is -0.454 e. The Morgan fingerprint density at radius 3 is 2.38 bits per heavy atom. The predicted octanol–water partition coefficient (Wildman–Crippen LogP) is 4.71. The molecule has 2 aliphatic rings. The van der Waals surface area contributed by atoms with Gasteiger partial charge in [-0.2, -0.15) is 0 Å². The van der Waals surface area contributed by atoms with E-state index in [1.54, 1.807) is 0 Å². The molecule has 162 valence electrons. The van der Waals surface area contributed by atoms with Crippen molar-refractivity contribution < 1.29 is 9.53 Å². The summed E-state index contributed by atoms with van der Waals surface area (Å²) < 4.78 is 6.15. The maximum atomic E-state index is 12.7. The number of aliphatic imine (C=N–C) groups is 1. The number of nitrogens with one attached hydrogen (secondary N) is 1. The average molecular weight is 427 g/mol. The van der Waals surface area contributed by atoms with E-state index in [2.05, 4.69) is 41.4 Å². The van der Waals surface area contributed by atoms with Gasteiger partial charge >= 0.3 is 6.03 Å². The Morgan fingerprint density at radius 2 is 1.59 bits per heavy atom. The molecular formula is C26H26N4O2. The van der Waals surface area contributed by atoms with Crippen molar-refractivity contribution in [2.24, 2.45) is 4.99 Å². The minimum absolute atomic E-state index is 0.0258. The molecule has 0 aromatic heterocycles. The van der Waals surface area contributed by atoms with E-state index in [4.69, 9.17) is 9.73 Å². The number of urea groups is 1. The summed E-state index contributed by atoms with van der Waals surface area (Å²) in [4.78, 5) is 21.8. The zero-order valence-electron chi connectivity index (χ0n) is 18.1. The van der Waals surface area contributed by atoms with Gasteiger partial charge < -0.3 is 19.9 Å². The number of carbonyl (C=O) groups excluding carboxylic acids is 1. The summed E-state index contributed by atoms with van der Waals surface area (Å²) in [7, 11) is 0. The smallest absolute Gasteiger partial charge is 0.317 e. The first kappa shape index (κ1) is 20.1. The van der Waals surface area contributed by atoms with E-state index in [1.165, 1.54) is 5.56 Å². The van der Waals surface area contributed by atoms with Gasteiger partial charge in [-0.25, -0.2) is 9.79 Å². The van der Waals surface area contributed by atoms with Gasteiger partial charge in [0.2, 0.25) is 0 Å². The number of fused-ring (bicyclic) bond motifs is 2. The summed E-state index contributed by atoms with van der Waals surface area (Å²) in [5.74, 6) is 2.45. The van der Waals surface area contributed by atoms with Crippen LogP contribution >= 0.6 is 0 Å². The Morgan fingerprint density at radius 1 is 0.906 bits per heavy atom. The number of aryl methyl sites for hydroxylation is 1. The van der Waals surface area contributed by atoms with Gasteiger partial charge in [-0.05, 0) is 36.8 Å². The lowest BCUT2D eigenvalue weighted by atomic mass is 10.1. The van der Waals surface area contributed by atoms with Crippen molar-refractivity contribution in [2.45, 2.75) is 13.5 Å². The number of nitrogens with zero attached hydrogens (tertiary/aromatic N) is 3. The van der Waals surface area contributed by atoms with E-state index < -0.39 is 0 Å². The predicted molar refractivity (Wildman–Crippen MR) is 126 cm³/mol. The summed E-state index contributed by atoms with van der Waals surface area (Å²) in [6.07, 6.45) is 0. The van der Waals surface area contributed by atoms with Gasteiger partial charge in [0, 0.05) is 32.7 Å². The topological polar surface area (TPSA) is 57.2 Å². The normalized spacial score (nSPS) is 15.1. The lowest BCUT2D eigenvalue weighted by Gasteiger charge is -2.36. The molecule has 6 heteroatoms. The maximum absolute atomic E-state index is 12.7. The molecule has 0 saturated carbocycles. The number of carbonyl (C=O) groups is 1. The fourth-order valence-corrected chi connectivity index (χ4v) is 4.03. The van der Waals surface area contributed by atoms with Crippen LogP contribution in [0.2, 0.25) is 0 Å². The van der Waals surface area contributed by atoms with Crippen molar-refractivity contribution in [3.05, 3.63) is 89.5 Å². The second kappa shape index (κ2) is 8.75. The highest BCUT2D eigenvalue weighted by Crippen LogP contribution is 2.37. The van der Waals surface area contributed by atoms with Gasteiger partial charge in [0.05, 0.1) is 5.56 Å². The summed E-state index contributed by atoms with van der Waals surface area (Å²) in [6, 6.07) is 24.0. The van der Waals surface area contributed by atoms with Crippen molar-refractivity contribution in [1.82, 2.24) is 15.1 Å². The Hall–Kier alpha value is -3.80. The second-order valence-corrected chi connectivity index (χ2v) is 8.12. The maximum Gasteiger partial charge on any atom is 0.317 e. The van der Waals surface area contributed by atoms with Crippen LogP contribution in [0.25, 0.3) is 0 Å². The van der Waals surface area contributed by atoms with Crippen LogP contribution < -0.4 is 10.1 Å². The van der Waals surface area contributed by atoms with E-state index in [0.29, 0.717) is 32.7 Å². The molecule has 0 aliphatic carbocycles. The van der Waals surface area contributed by atoms with Crippen LogP contribution in [0.5, 0.6) is 11.5 Å². The van der Waals surface area contributed by atoms with Gasteiger partial charge in [-0.3, -0.25) is 0 Å². The molecule has 1 fully saturated rings. The number of hydrogen-bond acceptors (Lipinski definition) is 4. The Bertz CT molecular complexity index is 1150. The SMILES string of the molecule is Cc1ccc(CNC(=O)N2CCN(C3=Nc4ccccc4Oc4ccccc43)CC2)cc1. The third kappa shape index (κ3) is 4.17. The lowest BCUT2D eigenvalue weighted by Crippen LogP contribution is -2.53.